The Balaban J connectivity index is 1.47. The van der Waals surface area contributed by atoms with Gasteiger partial charge < -0.3 is 20.4 Å². The highest BCUT2D eigenvalue weighted by molar-refractivity contribution is 6.29. The van der Waals surface area contributed by atoms with Crippen LogP contribution in [0.3, 0.4) is 0 Å². The molecule has 172 valence electrons. The second-order valence-corrected chi connectivity index (χ2v) is 8.02. The Morgan fingerprint density at radius 1 is 1.06 bits per heavy atom. The number of rotatable bonds is 10. The zero-order valence-corrected chi connectivity index (χ0v) is 18.9. The van der Waals surface area contributed by atoms with Crippen LogP contribution in [0.4, 0.5) is 0 Å². The number of benzene rings is 1. The number of aromatic carboxylic acids is 1. The number of nitrogens with one attached hydrogen (secondary N) is 1. The van der Waals surface area contributed by atoms with E-state index in [-0.39, 0.29) is 18.0 Å². The van der Waals surface area contributed by atoms with Crippen molar-refractivity contribution >= 4 is 23.5 Å². The van der Waals surface area contributed by atoms with Crippen molar-refractivity contribution < 1.29 is 19.8 Å². The van der Waals surface area contributed by atoms with Crippen LogP contribution in [0.5, 0.6) is 0 Å². The highest BCUT2D eigenvalue weighted by Gasteiger charge is 2.14. The molecule has 33 heavy (non-hydrogen) atoms. The number of halogens is 1. The molecular weight excluding hydrogens is 444 g/mol. The van der Waals surface area contributed by atoms with Gasteiger partial charge in [0.2, 0.25) is 0 Å². The second-order valence-electron chi connectivity index (χ2n) is 7.63. The number of carboxylic acids is 1. The molecule has 0 saturated carbocycles. The second kappa shape index (κ2) is 11.5. The fourth-order valence-corrected chi connectivity index (χ4v) is 3.36. The number of amides is 1. The molecule has 0 radical (unpaired) electrons. The van der Waals surface area contributed by atoms with Crippen LogP contribution in [-0.4, -0.2) is 57.1 Å². The molecule has 3 aromatic rings. The Morgan fingerprint density at radius 3 is 2.48 bits per heavy atom. The van der Waals surface area contributed by atoms with Crippen LogP contribution in [0.2, 0.25) is 5.15 Å². The molecule has 3 N–H and O–H groups in total. The van der Waals surface area contributed by atoms with Gasteiger partial charge in [0, 0.05) is 49.9 Å². The summed E-state index contributed by atoms with van der Waals surface area (Å²) in [5.74, 6) is -1.22. The number of carboxylic acid groups (broad SMARTS) is 1. The summed E-state index contributed by atoms with van der Waals surface area (Å²) in [5, 5.41) is 22.9. The maximum atomic E-state index is 12.7. The van der Waals surface area contributed by atoms with E-state index in [4.69, 9.17) is 16.7 Å². The fourth-order valence-electron chi connectivity index (χ4n) is 3.24. The van der Waals surface area contributed by atoms with Crippen molar-refractivity contribution in [1.29, 1.82) is 0 Å². The van der Waals surface area contributed by atoms with Gasteiger partial charge in [-0.1, -0.05) is 29.8 Å². The molecule has 0 spiro atoms. The Morgan fingerprint density at radius 2 is 1.82 bits per heavy atom. The first-order valence-corrected chi connectivity index (χ1v) is 10.7. The Bertz CT molecular complexity index is 1090. The van der Waals surface area contributed by atoms with E-state index in [1.807, 2.05) is 12.1 Å². The minimum absolute atomic E-state index is 0.0867. The van der Waals surface area contributed by atoms with Crippen molar-refractivity contribution in [3.8, 4) is 0 Å². The molecule has 1 amide bonds. The number of pyridine rings is 2. The van der Waals surface area contributed by atoms with Crippen molar-refractivity contribution in [3.63, 3.8) is 0 Å². The maximum absolute atomic E-state index is 12.7. The summed E-state index contributed by atoms with van der Waals surface area (Å²) in [5.41, 5.74) is 3.03. The third-order valence-corrected chi connectivity index (χ3v) is 5.30. The van der Waals surface area contributed by atoms with Crippen molar-refractivity contribution in [2.24, 2.45) is 0 Å². The van der Waals surface area contributed by atoms with Crippen LogP contribution >= 0.6 is 11.6 Å². The lowest BCUT2D eigenvalue weighted by atomic mass is 10.1. The number of carbonyl (C=O) groups excluding carboxylic acids is 1. The first-order valence-electron chi connectivity index (χ1n) is 10.4. The van der Waals surface area contributed by atoms with Gasteiger partial charge in [0.25, 0.3) is 5.91 Å². The summed E-state index contributed by atoms with van der Waals surface area (Å²) in [7, 11) is 1.66. The van der Waals surface area contributed by atoms with Crippen molar-refractivity contribution in [2.75, 3.05) is 20.1 Å². The number of aliphatic hydroxyl groups is 1. The fraction of sp³-hybridized carbons (Fsp3) is 0.250. The summed E-state index contributed by atoms with van der Waals surface area (Å²) in [6.45, 7) is 1.31. The first-order chi connectivity index (χ1) is 15.8. The average Bonchev–Trinajstić information content (AvgIpc) is 2.82. The van der Waals surface area contributed by atoms with Crippen LogP contribution in [0.1, 0.15) is 43.5 Å². The van der Waals surface area contributed by atoms with Crippen LogP contribution in [-0.2, 0) is 13.0 Å². The van der Waals surface area contributed by atoms with Gasteiger partial charge in [0.05, 0.1) is 11.7 Å². The van der Waals surface area contributed by atoms with Crippen LogP contribution < -0.4 is 5.32 Å². The van der Waals surface area contributed by atoms with Gasteiger partial charge in [-0.05, 0) is 48.4 Å². The number of aliphatic hydroxyl groups excluding tert-OH is 1. The molecule has 0 unspecified atom stereocenters. The molecule has 9 heteroatoms. The number of carbonyl (C=O) groups is 2. The number of aromatic nitrogens is 2. The summed E-state index contributed by atoms with van der Waals surface area (Å²) in [4.78, 5) is 33.2. The Kier molecular flexibility index (Phi) is 8.48. The van der Waals surface area contributed by atoms with Crippen molar-refractivity contribution in [1.82, 2.24) is 20.2 Å². The molecule has 0 aliphatic carbocycles. The van der Waals surface area contributed by atoms with E-state index in [0.29, 0.717) is 34.9 Å². The Hall–Kier alpha value is -3.33. The summed E-state index contributed by atoms with van der Waals surface area (Å²) >= 11 is 5.76. The largest absolute Gasteiger partial charge is 0.478 e. The van der Waals surface area contributed by atoms with Gasteiger partial charge in [0.15, 0.2) is 0 Å². The molecule has 0 fully saturated rings. The highest BCUT2D eigenvalue weighted by Crippen LogP contribution is 2.14. The minimum Gasteiger partial charge on any atom is -0.478 e. The molecule has 0 aliphatic heterocycles. The summed E-state index contributed by atoms with van der Waals surface area (Å²) in [6, 6.07) is 12.2. The number of hydrogen-bond donors (Lipinski definition) is 3. The van der Waals surface area contributed by atoms with E-state index < -0.39 is 12.1 Å². The molecule has 2 aromatic heterocycles. The van der Waals surface area contributed by atoms with E-state index in [1.54, 1.807) is 43.7 Å². The van der Waals surface area contributed by atoms with Crippen molar-refractivity contribution in [2.45, 2.75) is 19.1 Å². The van der Waals surface area contributed by atoms with E-state index in [0.717, 1.165) is 12.0 Å². The minimum atomic E-state index is -1.06. The third kappa shape index (κ3) is 7.08. The molecular formula is C24H25ClN4O4. The summed E-state index contributed by atoms with van der Waals surface area (Å²) < 4.78 is 0. The zero-order chi connectivity index (χ0) is 23.8. The van der Waals surface area contributed by atoms with E-state index >= 15 is 0 Å². The van der Waals surface area contributed by atoms with Gasteiger partial charge in [-0.3, -0.25) is 9.78 Å². The molecule has 0 saturated heterocycles. The lowest BCUT2D eigenvalue weighted by Gasteiger charge is -2.17. The van der Waals surface area contributed by atoms with Gasteiger partial charge in [-0.15, -0.1) is 0 Å². The molecule has 1 aromatic carbocycles. The van der Waals surface area contributed by atoms with E-state index in [2.05, 4.69) is 15.3 Å². The zero-order valence-electron chi connectivity index (χ0n) is 18.1. The van der Waals surface area contributed by atoms with E-state index in [9.17, 15) is 14.7 Å². The standard InChI is InChI=1S/C24H25ClN4O4/c1-29(15-17-10-20(24(32)33)12-27-11-17)23(31)18-4-2-16(3-5-18)8-9-26-14-21(30)19-6-7-22(25)28-13-19/h2-7,10-13,21,26,30H,8-9,14-15H2,1H3,(H,32,33)/t21-/m0/s1. The summed E-state index contributed by atoms with van der Waals surface area (Å²) in [6.07, 6.45) is 4.45. The molecule has 2 heterocycles. The monoisotopic (exact) mass is 468 g/mol. The predicted molar refractivity (Wildman–Crippen MR) is 124 cm³/mol. The molecule has 1 atom stereocenters. The molecule has 0 aliphatic rings. The normalized spacial score (nSPS) is 11.7. The topological polar surface area (TPSA) is 116 Å². The molecule has 3 rings (SSSR count). The maximum Gasteiger partial charge on any atom is 0.337 e. The van der Waals surface area contributed by atoms with Crippen molar-refractivity contribution in [3.05, 3.63) is 94.0 Å². The van der Waals surface area contributed by atoms with Gasteiger partial charge >= 0.3 is 5.97 Å². The number of hydrogen-bond acceptors (Lipinski definition) is 6. The van der Waals surface area contributed by atoms with Gasteiger partial charge in [0.1, 0.15) is 5.15 Å². The molecule has 8 nitrogen and oxygen atoms in total. The van der Waals surface area contributed by atoms with Gasteiger partial charge in [-0.2, -0.15) is 0 Å². The average molecular weight is 469 g/mol. The van der Waals surface area contributed by atoms with E-state index in [1.165, 1.54) is 17.2 Å². The van der Waals surface area contributed by atoms with Crippen LogP contribution in [0.25, 0.3) is 0 Å². The number of nitrogens with zero attached hydrogens (tertiary/aromatic N) is 3. The smallest absolute Gasteiger partial charge is 0.337 e. The Labute approximate surface area is 196 Å². The van der Waals surface area contributed by atoms with Crippen LogP contribution in [0.15, 0.2) is 61.1 Å². The SMILES string of the molecule is CN(Cc1cncc(C(=O)O)c1)C(=O)c1ccc(CCNC[C@H](O)c2ccc(Cl)nc2)cc1. The lowest BCUT2D eigenvalue weighted by Crippen LogP contribution is -2.26. The third-order valence-electron chi connectivity index (χ3n) is 5.07. The first kappa shape index (κ1) is 24.3. The predicted octanol–water partition coefficient (Wildman–Crippen LogP) is 2.97. The van der Waals surface area contributed by atoms with Gasteiger partial charge in [-0.25, -0.2) is 9.78 Å². The highest BCUT2D eigenvalue weighted by atomic mass is 35.5. The van der Waals surface area contributed by atoms with Crippen LogP contribution in [0, 0.1) is 0 Å². The quantitative estimate of drug-likeness (QED) is 0.309. The lowest BCUT2D eigenvalue weighted by molar-refractivity contribution is 0.0696. The molecule has 0 bridgehead atoms.